The van der Waals surface area contributed by atoms with Crippen LogP contribution in [0.1, 0.15) is 15.9 Å². The van der Waals surface area contributed by atoms with Gasteiger partial charge in [-0.05, 0) is 24.3 Å². The van der Waals surface area contributed by atoms with E-state index >= 15 is 0 Å². The monoisotopic (exact) mass is 267 g/mol. The Morgan fingerprint density at radius 1 is 1.10 bits per heavy atom. The molecule has 0 aliphatic carbocycles. The summed E-state index contributed by atoms with van der Waals surface area (Å²) in [6, 6.07) is 14.6. The molecule has 0 unspecified atom stereocenters. The maximum atomic E-state index is 11.3. The molecule has 0 aliphatic heterocycles. The molecular formula is C16H13NO3. The Kier molecular flexibility index (Phi) is 3.13. The number of nitrogens with one attached hydrogen (secondary N) is 1. The fourth-order valence-corrected chi connectivity index (χ4v) is 2.23. The molecule has 0 atom stereocenters. The maximum Gasteiger partial charge on any atom is 0.336 e. The second-order valence-electron chi connectivity index (χ2n) is 4.45. The summed E-state index contributed by atoms with van der Waals surface area (Å²) in [5.41, 5.74) is 1.92. The Labute approximate surface area is 115 Å². The number of fused-ring (bicyclic) bond motifs is 1. The Morgan fingerprint density at radius 3 is 2.65 bits per heavy atom. The van der Waals surface area contributed by atoms with Crippen LogP contribution in [0, 0.1) is 0 Å². The molecule has 1 heterocycles. The number of rotatable bonds is 4. The van der Waals surface area contributed by atoms with E-state index < -0.39 is 5.97 Å². The van der Waals surface area contributed by atoms with Crippen molar-refractivity contribution in [2.75, 3.05) is 0 Å². The van der Waals surface area contributed by atoms with Gasteiger partial charge in [0.25, 0.3) is 0 Å². The molecule has 1 aromatic heterocycles. The van der Waals surface area contributed by atoms with Gasteiger partial charge in [-0.1, -0.05) is 24.3 Å². The molecule has 0 fully saturated rings. The number of benzene rings is 2. The minimum absolute atomic E-state index is 0.287. The van der Waals surface area contributed by atoms with Gasteiger partial charge in [0, 0.05) is 22.7 Å². The SMILES string of the molecule is O=C(O)c1cccc2[nH]cc(COc3ccccc3)c12. The highest BCUT2D eigenvalue weighted by molar-refractivity contribution is 6.04. The maximum absolute atomic E-state index is 11.3. The molecule has 3 aromatic rings. The summed E-state index contributed by atoms with van der Waals surface area (Å²) in [6.07, 6.45) is 1.79. The quantitative estimate of drug-likeness (QED) is 0.761. The number of aromatic carboxylic acids is 1. The van der Waals surface area contributed by atoms with Crippen LogP contribution in [-0.2, 0) is 6.61 Å². The lowest BCUT2D eigenvalue weighted by molar-refractivity contribution is 0.0699. The number of carboxylic acid groups (broad SMARTS) is 1. The average molecular weight is 267 g/mol. The van der Waals surface area contributed by atoms with Crippen molar-refractivity contribution in [1.29, 1.82) is 0 Å². The second kappa shape index (κ2) is 5.09. The molecule has 0 saturated carbocycles. The smallest absolute Gasteiger partial charge is 0.336 e. The van der Waals surface area contributed by atoms with Crippen LogP contribution in [0.4, 0.5) is 0 Å². The molecule has 0 bridgehead atoms. The Morgan fingerprint density at radius 2 is 1.90 bits per heavy atom. The molecule has 0 spiro atoms. The number of ether oxygens (including phenoxy) is 1. The van der Waals surface area contributed by atoms with Crippen LogP contribution >= 0.6 is 0 Å². The van der Waals surface area contributed by atoms with E-state index in [9.17, 15) is 9.90 Å². The van der Waals surface area contributed by atoms with Crippen molar-refractivity contribution < 1.29 is 14.6 Å². The third-order valence-corrected chi connectivity index (χ3v) is 3.16. The predicted octanol–water partition coefficient (Wildman–Crippen LogP) is 3.45. The Bertz CT molecular complexity index is 747. The lowest BCUT2D eigenvalue weighted by Gasteiger charge is -2.06. The molecule has 4 nitrogen and oxygen atoms in total. The van der Waals surface area contributed by atoms with Crippen molar-refractivity contribution in [2.45, 2.75) is 6.61 Å². The van der Waals surface area contributed by atoms with Crippen molar-refractivity contribution >= 4 is 16.9 Å². The van der Waals surface area contributed by atoms with Gasteiger partial charge in [0.1, 0.15) is 12.4 Å². The Balaban J connectivity index is 1.94. The highest BCUT2D eigenvalue weighted by Crippen LogP contribution is 2.24. The number of hydrogen-bond acceptors (Lipinski definition) is 2. The molecule has 100 valence electrons. The molecule has 20 heavy (non-hydrogen) atoms. The van der Waals surface area contributed by atoms with Crippen LogP contribution in [0.3, 0.4) is 0 Å². The van der Waals surface area contributed by atoms with E-state index in [1.54, 1.807) is 18.3 Å². The van der Waals surface area contributed by atoms with Crippen molar-refractivity contribution in [1.82, 2.24) is 4.98 Å². The van der Waals surface area contributed by atoms with Gasteiger partial charge in [-0.2, -0.15) is 0 Å². The summed E-state index contributed by atoms with van der Waals surface area (Å²) < 4.78 is 5.68. The summed E-state index contributed by atoms with van der Waals surface area (Å²) >= 11 is 0. The normalized spacial score (nSPS) is 10.6. The lowest BCUT2D eigenvalue weighted by Crippen LogP contribution is -2.00. The fourth-order valence-electron chi connectivity index (χ4n) is 2.23. The first-order valence-electron chi connectivity index (χ1n) is 6.26. The van der Waals surface area contributed by atoms with Crippen LogP contribution in [-0.4, -0.2) is 16.1 Å². The highest BCUT2D eigenvalue weighted by atomic mass is 16.5. The number of carbonyl (C=O) groups is 1. The molecule has 0 aliphatic rings. The summed E-state index contributed by atoms with van der Waals surface area (Å²) in [4.78, 5) is 14.4. The van der Waals surface area contributed by atoms with Gasteiger partial charge in [0.05, 0.1) is 5.56 Å². The number of aromatic nitrogens is 1. The third-order valence-electron chi connectivity index (χ3n) is 3.16. The first-order chi connectivity index (χ1) is 9.75. The van der Waals surface area contributed by atoms with Crippen molar-refractivity contribution in [2.24, 2.45) is 0 Å². The second-order valence-corrected chi connectivity index (χ2v) is 4.45. The van der Waals surface area contributed by atoms with E-state index in [-0.39, 0.29) is 5.56 Å². The van der Waals surface area contributed by atoms with Gasteiger partial charge in [-0.3, -0.25) is 0 Å². The summed E-state index contributed by atoms with van der Waals surface area (Å²) in [7, 11) is 0. The van der Waals surface area contributed by atoms with Crippen LogP contribution in [0.5, 0.6) is 5.75 Å². The zero-order valence-corrected chi connectivity index (χ0v) is 10.7. The largest absolute Gasteiger partial charge is 0.489 e. The summed E-state index contributed by atoms with van der Waals surface area (Å²) in [5, 5.41) is 9.96. The topological polar surface area (TPSA) is 62.3 Å². The van der Waals surface area contributed by atoms with E-state index in [0.29, 0.717) is 12.0 Å². The Hall–Kier alpha value is -2.75. The van der Waals surface area contributed by atoms with Gasteiger partial charge in [0.15, 0.2) is 0 Å². The molecule has 2 N–H and O–H groups in total. The molecule has 4 heteroatoms. The molecule has 3 rings (SSSR count). The molecule has 0 saturated heterocycles. The van der Waals surface area contributed by atoms with Crippen molar-refractivity contribution in [3.63, 3.8) is 0 Å². The summed E-state index contributed by atoms with van der Waals surface area (Å²) in [5.74, 6) is -0.175. The number of H-pyrrole nitrogens is 1. The van der Waals surface area contributed by atoms with E-state index in [4.69, 9.17) is 4.74 Å². The minimum Gasteiger partial charge on any atom is -0.489 e. The fraction of sp³-hybridized carbons (Fsp3) is 0.0625. The first kappa shape index (κ1) is 12.3. The predicted molar refractivity (Wildman–Crippen MR) is 76.0 cm³/mol. The van der Waals surface area contributed by atoms with Gasteiger partial charge >= 0.3 is 5.97 Å². The highest BCUT2D eigenvalue weighted by Gasteiger charge is 2.13. The molecule has 0 radical (unpaired) electrons. The minimum atomic E-state index is -0.934. The van der Waals surface area contributed by atoms with Gasteiger partial charge < -0.3 is 14.8 Å². The van der Waals surface area contributed by atoms with E-state index in [0.717, 1.165) is 16.8 Å². The van der Waals surface area contributed by atoms with Crippen LogP contribution in [0.15, 0.2) is 54.7 Å². The van der Waals surface area contributed by atoms with Crippen LogP contribution in [0.2, 0.25) is 0 Å². The van der Waals surface area contributed by atoms with E-state index in [2.05, 4.69) is 4.98 Å². The molecule has 2 aromatic carbocycles. The van der Waals surface area contributed by atoms with Crippen molar-refractivity contribution in [3.8, 4) is 5.75 Å². The van der Waals surface area contributed by atoms with Gasteiger partial charge in [-0.25, -0.2) is 4.79 Å². The van der Waals surface area contributed by atoms with Crippen LogP contribution in [0.25, 0.3) is 10.9 Å². The van der Waals surface area contributed by atoms with Crippen molar-refractivity contribution in [3.05, 3.63) is 65.9 Å². The molecule has 0 amide bonds. The van der Waals surface area contributed by atoms with Gasteiger partial charge in [0.2, 0.25) is 0 Å². The third kappa shape index (κ3) is 2.23. The number of aromatic amines is 1. The van der Waals surface area contributed by atoms with E-state index in [1.807, 2.05) is 36.4 Å². The number of para-hydroxylation sites is 1. The lowest BCUT2D eigenvalue weighted by atomic mass is 10.1. The standard InChI is InChI=1S/C16H13NO3/c18-16(19)13-7-4-8-14-15(13)11(9-17-14)10-20-12-5-2-1-3-6-12/h1-9,17H,10H2,(H,18,19). The van der Waals surface area contributed by atoms with Crippen LogP contribution < -0.4 is 4.74 Å². The molecular weight excluding hydrogens is 254 g/mol. The number of carboxylic acids is 1. The number of hydrogen-bond donors (Lipinski definition) is 2. The zero-order chi connectivity index (χ0) is 13.9. The first-order valence-corrected chi connectivity index (χ1v) is 6.26. The summed E-state index contributed by atoms with van der Waals surface area (Å²) in [6.45, 7) is 0.328. The average Bonchev–Trinajstić information content (AvgIpc) is 2.89. The van der Waals surface area contributed by atoms with Gasteiger partial charge in [-0.15, -0.1) is 0 Å². The zero-order valence-electron chi connectivity index (χ0n) is 10.7. The van der Waals surface area contributed by atoms with E-state index in [1.165, 1.54) is 0 Å².